The molecule has 0 atom stereocenters. The monoisotopic (exact) mass is 115 g/mol. The molecule has 3 nitrogen and oxygen atoms in total. The summed E-state index contributed by atoms with van der Waals surface area (Å²) in [5, 5.41) is 8.33. The van der Waals surface area contributed by atoms with Gasteiger partial charge in [0.15, 0.2) is 0 Å². The second-order valence-electron chi connectivity index (χ2n) is 1.34. The molecule has 8 heavy (non-hydrogen) atoms. The van der Waals surface area contributed by atoms with Gasteiger partial charge in [0.1, 0.15) is 0 Å². The van der Waals surface area contributed by atoms with E-state index in [4.69, 9.17) is 10.8 Å². The van der Waals surface area contributed by atoms with Gasteiger partial charge in [-0.05, 0) is 6.92 Å². The van der Waals surface area contributed by atoms with Crippen molar-refractivity contribution >= 4 is 5.91 Å². The summed E-state index contributed by atoms with van der Waals surface area (Å²) in [5.41, 5.74) is 5.05. The lowest BCUT2D eigenvalue weighted by atomic mass is 10.3. The summed E-state index contributed by atoms with van der Waals surface area (Å²) >= 11 is 0. The largest absolute Gasteiger partial charge is 0.391 e. The smallest absolute Gasteiger partial charge is 0.246 e. The lowest BCUT2D eigenvalue weighted by Crippen LogP contribution is -2.15. The minimum atomic E-state index is -0.560. The summed E-state index contributed by atoms with van der Waals surface area (Å²) < 4.78 is 0. The maximum absolute atomic E-state index is 10.2. The molecule has 0 saturated carbocycles. The zero-order valence-corrected chi connectivity index (χ0v) is 4.72. The van der Waals surface area contributed by atoms with Crippen molar-refractivity contribution in [2.75, 3.05) is 6.61 Å². The lowest BCUT2D eigenvalue weighted by Gasteiger charge is -1.92. The van der Waals surface area contributed by atoms with Crippen molar-refractivity contribution in [1.82, 2.24) is 0 Å². The van der Waals surface area contributed by atoms with Gasteiger partial charge < -0.3 is 10.8 Å². The minimum Gasteiger partial charge on any atom is -0.391 e. The van der Waals surface area contributed by atoms with Crippen LogP contribution in [-0.2, 0) is 4.79 Å². The Bertz CT molecular complexity index is 118. The average Bonchev–Trinajstić information content (AvgIpc) is 1.69. The van der Waals surface area contributed by atoms with Gasteiger partial charge in [-0.2, -0.15) is 0 Å². The molecule has 0 aliphatic rings. The number of aliphatic hydroxyl groups is 1. The van der Waals surface area contributed by atoms with Crippen LogP contribution in [0.25, 0.3) is 0 Å². The van der Waals surface area contributed by atoms with Gasteiger partial charge in [0.25, 0.3) is 0 Å². The Hall–Kier alpha value is -0.830. The summed E-state index contributed by atoms with van der Waals surface area (Å²) in [6.07, 6.45) is 1.49. The molecule has 0 heterocycles. The summed E-state index contributed by atoms with van der Waals surface area (Å²) in [5.74, 6) is -0.560. The summed E-state index contributed by atoms with van der Waals surface area (Å²) in [7, 11) is 0. The number of nitrogens with two attached hydrogens (primary N) is 1. The Morgan fingerprint density at radius 2 is 2.38 bits per heavy atom. The Morgan fingerprint density at radius 1 is 1.88 bits per heavy atom. The van der Waals surface area contributed by atoms with Crippen molar-refractivity contribution in [3.63, 3.8) is 0 Å². The molecule has 0 aromatic heterocycles. The quantitative estimate of drug-likeness (QED) is 0.472. The Labute approximate surface area is 47.8 Å². The Balaban J connectivity index is 3.92. The molecular formula is C5H9NO2. The number of allylic oxidation sites excluding steroid dienone is 1. The fraction of sp³-hybridized carbons (Fsp3) is 0.400. The predicted molar refractivity (Wildman–Crippen MR) is 30.0 cm³/mol. The third-order valence-electron chi connectivity index (χ3n) is 0.835. The van der Waals surface area contributed by atoms with Gasteiger partial charge in [-0.25, -0.2) is 0 Å². The van der Waals surface area contributed by atoms with Crippen LogP contribution in [0.5, 0.6) is 0 Å². The van der Waals surface area contributed by atoms with E-state index in [2.05, 4.69) is 0 Å². The number of aliphatic hydroxyl groups excluding tert-OH is 1. The average molecular weight is 115 g/mol. The molecule has 0 aliphatic heterocycles. The highest BCUT2D eigenvalue weighted by molar-refractivity contribution is 5.91. The van der Waals surface area contributed by atoms with E-state index in [1.54, 1.807) is 6.92 Å². The van der Waals surface area contributed by atoms with E-state index in [-0.39, 0.29) is 12.2 Å². The SMILES string of the molecule is C/C=C(\CO)C(N)=O. The molecule has 0 aromatic carbocycles. The van der Waals surface area contributed by atoms with Crippen molar-refractivity contribution in [2.45, 2.75) is 6.92 Å². The zero-order valence-electron chi connectivity index (χ0n) is 4.72. The number of carbonyl (C=O) groups is 1. The molecule has 46 valence electrons. The van der Waals surface area contributed by atoms with Crippen LogP contribution in [0.15, 0.2) is 11.6 Å². The molecule has 1 amide bonds. The Kier molecular flexibility index (Phi) is 2.88. The van der Waals surface area contributed by atoms with E-state index in [9.17, 15) is 4.79 Å². The molecule has 0 unspecified atom stereocenters. The molecule has 3 heteroatoms. The number of carbonyl (C=O) groups excluding carboxylic acids is 1. The van der Waals surface area contributed by atoms with E-state index < -0.39 is 5.91 Å². The van der Waals surface area contributed by atoms with E-state index in [0.717, 1.165) is 0 Å². The van der Waals surface area contributed by atoms with Crippen LogP contribution in [0.3, 0.4) is 0 Å². The summed E-state index contributed by atoms with van der Waals surface area (Å²) in [6.45, 7) is 1.38. The first-order chi connectivity index (χ1) is 3.72. The van der Waals surface area contributed by atoms with Gasteiger partial charge in [-0.3, -0.25) is 4.79 Å². The molecule has 0 rings (SSSR count). The molecule has 0 saturated heterocycles. The molecule has 0 aliphatic carbocycles. The van der Waals surface area contributed by atoms with Crippen molar-refractivity contribution < 1.29 is 9.90 Å². The maximum Gasteiger partial charge on any atom is 0.246 e. The van der Waals surface area contributed by atoms with Crippen molar-refractivity contribution in [3.05, 3.63) is 11.6 Å². The van der Waals surface area contributed by atoms with E-state index in [0.29, 0.717) is 0 Å². The topological polar surface area (TPSA) is 63.3 Å². The first-order valence-electron chi connectivity index (χ1n) is 2.28. The van der Waals surface area contributed by atoms with Crippen LogP contribution < -0.4 is 5.73 Å². The first-order valence-corrected chi connectivity index (χ1v) is 2.28. The van der Waals surface area contributed by atoms with Crippen LogP contribution >= 0.6 is 0 Å². The van der Waals surface area contributed by atoms with E-state index in [1.165, 1.54) is 6.08 Å². The fourth-order valence-electron chi connectivity index (χ4n) is 0.311. The molecule has 0 bridgehead atoms. The van der Waals surface area contributed by atoms with Crippen LogP contribution in [0, 0.1) is 0 Å². The second-order valence-corrected chi connectivity index (χ2v) is 1.34. The highest BCUT2D eigenvalue weighted by Crippen LogP contribution is 1.87. The molecule has 0 aromatic rings. The van der Waals surface area contributed by atoms with Crippen LogP contribution in [0.4, 0.5) is 0 Å². The predicted octanol–water partition coefficient (Wildman–Crippen LogP) is -0.590. The summed E-state index contributed by atoms with van der Waals surface area (Å²) in [6, 6.07) is 0. The summed E-state index contributed by atoms with van der Waals surface area (Å²) in [4.78, 5) is 10.2. The van der Waals surface area contributed by atoms with Crippen LogP contribution in [0.2, 0.25) is 0 Å². The molecule has 0 fully saturated rings. The third-order valence-corrected chi connectivity index (χ3v) is 0.835. The standard InChI is InChI=1S/C5H9NO2/c1-2-4(3-7)5(6)8/h2,7H,3H2,1H3,(H2,6,8)/b4-2+. The minimum absolute atomic E-state index is 0.255. The van der Waals surface area contributed by atoms with Crippen molar-refractivity contribution in [2.24, 2.45) is 5.73 Å². The highest BCUT2D eigenvalue weighted by atomic mass is 16.3. The number of primary amides is 1. The van der Waals surface area contributed by atoms with Gasteiger partial charge in [-0.15, -0.1) is 0 Å². The second kappa shape index (κ2) is 3.21. The van der Waals surface area contributed by atoms with Gasteiger partial charge >= 0.3 is 0 Å². The van der Waals surface area contributed by atoms with Gasteiger partial charge in [0.05, 0.1) is 6.61 Å². The molecule has 0 radical (unpaired) electrons. The number of hydrogen-bond donors (Lipinski definition) is 2. The first kappa shape index (κ1) is 7.17. The van der Waals surface area contributed by atoms with Gasteiger partial charge in [0, 0.05) is 5.57 Å². The molecule has 3 N–H and O–H groups in total. The number of amides is 1. The molecular weight excluding hydrogens is 106 g/mol. The van der Waals surface area contributed by atoms with Gasteiger partial charge in [0.2, 0.25) is 5.91 Å². The van der Waals surface area contributed by atoms with Crippen LogP contribution in [0.1, 0.15) is 6.92 Å². The van der Waals surface area contributed by atoms with E-state index in [1.807, 2.05) is 0 Å². The van der Waals surface area contributed by atoms with Crippen molar-refractivity contribution in [1.29, 1.82) is 0 Å². The normalized spacial score (nSPS) is 11.5. The van der Waals surface area contributed by atoms with Crippen LogP contribution in [-0.4, -0.2) is 17.6 Å². The van der Waals surface area contributed by atoms with Crippen molar-refractivity contribution in [3.8, 4) is 0 Å². The fourth-order valence-corrected chi connectivity index (χ4v) is 0.311. The zero-order chi connectivity index (χ0) is 6.57. The highest BCUT2D eigenvalue weighted by Gasteiger charge is 1.97. The molecule has 0 spiro atoms. The Morgan fingerprint density at radius 3 is 2.38 bits per heavy atom. The van der Waals surface area contributed by atoms with Gasteiger partial charge in [-0.1, -0.05) is 6.08 Å². The number of rotatable bonds is 2. The number of hydrogen-bond acceptors (Lipinski definition) is 2. The van der Waals surface area contributed by atoms with E-state index >= 15 is 0 Å². The maximum atomic E-state index is 10.2. The third kappa shape index (κ3) is 1.75. The lowest BCUT2D eigenvalue weighted by molar-refractivity contribution is -0.114.